The molecule has 0 aliphatic heterocycles. The number of methoxy groups -OCH3 is 2. The SMILES string of the molecule is CCOc1ccc(CNC(=O)c2ccc(C)c(OC)c2)cc1OC. The number of amides is 1. The van der Waals surface area contributed by atoms with E-state index in [0.717, 1.165) is 11.1 Å². The highest BCUT2D eigenvalue weighted by atomic mass is 16.5. The number of carbonyl (C=O) groups is 1. The topological polar surface area (TPSA) is 56.8 Å². The molecule has 0 spiro atoms. The summed E-state index contributed by atoms with van der Waals surface area (Å²) < 4.78 is 16.1. The molecule has 5 heteroatoms. The molecule has 0 aliphatic rings. The smallest absolute Gasteiger partial charge is 0.251 e. The monoisotopic (exact) mass is 329 g/mol. The molecule has 24 heavy (non-hydrogen) atoms. The highest BCUT2D eigenvalue weighted by Gasteiger charge is 2.10. The lowest BCUT2D eigenvalue weighted by Crippen LogP contribution is -2.22. The summed E-state index contributed by atoms with van der Waals surface area (Å²) in [5.41, 5.74) is 2.49. The molecule has 2 aromatic carbocycles. The van der Waals surface area contributed by atoms with Crippen molar-refractivity contribution in [1.29, 1.82) is 0 Å². The van der Waals surface area contributed by atoms with E-state index >= 15 is 0 Å². The van der Waals surface area contributed by atoms with E-state index in [9.17, 15) is 4.79 Å². The molecule has 1 amide bonds. The number of benzene rings is 2. The Balaban J connectivity index is 2.06. The summed E-state index contributed by atoms with van der Waals surface area (Å²) in [6.45, 7) is 4.83. The fourth-order valence-electron chi connectivity index (χ4n) is 2.34. The predicted molar refractivity (Wildman–Crippen MR) is 93.1 cm³/mol. The van der Waals surface area contributed by atoms with Crippen molar-refractivity contribution in [2.24, 2.45) is 0 Å². The van der Waals surface area contributed by atoms with Crippen molar-refractivity contribution in [3.05, 3.63) is 53.1 Å². The normalized spacial score (nSPS) is 10.2. The average molecular weight is 329 g/mol. The summed E-state index contributed by atoms with van der Waals surface area (Å²) in [6.07, 6.45) is 0. The minimum absolute atomic E-state index is 0.152. The number of hydrogen-bond donors (Lipinski definition) is 1. The van der Waals surface area contributed by atoms with Gasteiger partial charge in [-0.05, 0) is 49.2 Å². The molecule has 0 radical (unpaired) electrons. The van der Waals surface area contributed by atoms with Gasteiger partial charge < -0.3 is 19.5 Å². The molecule has 2 aromatic rings. The van der Waals surface area contributed by atoms with Gasteiger partial charge in [-0.15, -0.1) is 0 Å². The van der Waals surface area contributed by atoms with Crippen molar-refractivity contribution >= 4 is 5.91 Å². The fraction of sp³-hybridized carbons (Fsp3) is 0.316. The van der Waals surface area contributed by atoms with Crippen molar-refractivity contribution < 1.29 is 19.0 Å². The molecule has 0 aromatic heterocycles. The number of carbonyl (C=O) groups excluding carboxylic acids is 1. The van der Waals surface area contributed by atoms with Crippen LogP contribution in [0.25, 0.3) is 0 Å². The maximum atomic E-state index is 12.3. The lowest BCUT2D eigenvalue weighted by atomic mass is 10.1. The molecule has 0 atom stereocenters. The molecular formula is C19H23NO4. The van der Waals surface area contributed by atoms with Crippen LogP contribution in [0.4, 0.5) is 0 Å². The molecule has 2 rings (SSSR count). The maximum absolute atomic E-state index is 12.3. The third-order valence-electron chi connectivity index (χ3n) is 3.65. The van der Waals surface area contributed by atoms with Crippen molar-refractivity contribution in [3.8, 4) is 17.2 Å². The first kappa shape index (κ1) is 17.7. The standard InChI is InChI=1S/C19H23NO4/c1-5-24-16-9-7-14(10-18(16)23-4)12-20-19(21)15-8-6-13(2)17(11-15)22-3/h6-11H,5,12H2,1-4H3,(H,20,21). The van der Waals surface area contributed by atoms with E-state index in [1.54, 1.807) is 26.4 Å². The minimum atomic E-state index is -0.152. The Morgan fingerprint density at radius 2 is 1.75 bits per heavy atom. The van der Waals surface area contributed by atoms with Gasteiger partial charge in [0.25, 0.3) is 5.91 Å². The lowest BCUT2D eigenvalue weighted by Gasteiger charge is -2.12. The Morgan fingerprint density at radius 3 is 2.42 bits per heavy atom. The van der Waals surface area contributed by atoms with Crippen LogP contribution in [0.2, 0.25) is 0 Å². The first-order chi connectivity index (χ1) is 11.6. The van der Waals surface area contributed by atoms with E-state index in [4.69, 9.17) is 14.2 Å². The number of nitrogens with one attached hydrogen (secondary N) is 1. The van der Waals surface area contributed by atoms with Gasteiger partial charge in [0, 0.05) is 12.1 Å². The highest BCUT2D eigenvalue weighted by molar-refractivity contribution is 5.94. The van der Waals surface area contributed by atoms with E-state index in [1.807, 2.05) is 38.1 Å². The summed E-state index contributed by atoms with van der Waals surface area (Å²) in [4.78, 5) is 12.3. The molecule has 0 saturated heterocycles. The summed E-state index contributed by atoms with van der Waals surface area (Å²) >= 11 is 0. The number of rotatable bonds is 7. The molecule has 0 saturated carbocycles. The zero-order valence-corrected chi connectivity index (χ0v) is 14.5. The van der Waals surface area contributed by atoms with Gasteiger partial charge in [0.15, 0.2) is 11.5 Å². The quantitative estimate of drug-likeness (QED) is 0.846. The zero-order chi connectivity index (χ0) is 17.5. The Kier molecular flexibility index (Phi) is 6.07. The van der Waals surface area contributed by atoms with E-state index in [0.29, 0.717) is 36.0 Å². The van der Waals surface area contributed by atoms with Gasteiger partial charge >= 0.3 is 0 Å². The zero-order valence-electron chi connectivity index (χ0n) is 14.5. The summed E-state index contributed by atoms with van der Waals surface area (Å²) in [5.74, 6) is 1.89. The number of aryl methyl sites for hydroxylation is 1. The third kappa shape index (κ3) is 4.19. The fourth-order valence-corrected chi connectivity index (χ4v) is 2.34. The van der Waals surface area contributed by atoms with Gasteiger partial charge in [-0.3, -0.25) is 4.79 Å². The first-order valence-electron chi connectivity index (χ1n) is 7.81. The van der Waals surface area contributed by atoms with Crippen LogP contribution in [0.3, 0.4) is 0 Å². The van der Waals surface area contributed by atoms with Gasteiger partial charge in [-0.2, -0.15) is 0 Å². The van der Waals surface area contributed by atoms with Crippen LogP contribution >= 0.6 is 0 Å². The van der Waals surface area contributed by atoms with Crippen molar-refractivity contribution in [2.75, 3.05) is 20.8 Å². The summed E-state index contributed by atoms with van der Waals surface area (Å²) in [7, 11) is 3.19. The van der Waals surface area contributed by atoms with Crippen molar-refractivity contribution in [1.82, 2.24) is 5.32 Å². The lowest BCUT2D eigenvalue weighted by molar-refractivity contribution is 0.0950. The van der Waals surface area contributed by atoms with E-state index in [-0.39, 0.29) is 5.91 Å². The molecular weight excluding hydrogens is 306 g/mol. The van der Waals surface area contributed by atoms with Gasteiger partial charge in [-0.1, -0.05) is 12.1 Å². The summed E-state index contributed by atoms with van der Waals surface area (Å²) in [5, 5.41) is 2.90. The molecule has 0 aliphatic carbocycles. The molecule has 0 bridgehead atoms. The molecule has 5 nitrogen and oxygen atoms in total. The second-order valence-corrected chi connectivity index (χ2v) is 5.29. The molecule has 0 heterocycles. The summed E-state index contributed by atoms with van der Waals surface area (Å²) in [6, 6.07) is 11.0. The van der Waals surface area contributed by atoms with Gasteiger partial charge in [0.1, 0.15) is 5.75 Å². The largest absolute Gasteiger partial charge is 0.496 e. The third-order valence-corrected chi connectivity index (χ3v) is 3.65. The van der Waals surface area contributed by atoms with Crippen LogP contribution in [-0.4, -0.2) is 26.7 Å². The second kappa shape index (κ2) is 8.24. The molecule has 0 fully saturated rings. The van der Waals surface area contributed by atoms with Gasteiger partial charge in [0.05, 0.1) is 20.8 Å². The van der Waals surface area contributed by atoms with Crippen LogP contribution in [0.5, 0.6) is 17.2 Å². The Hall–Kier alpha value is -2.69. The van der Waals surface area contributed by atoms with Crippen LogP contribution < -0.4 is 19.5 Å². The molecule has 0 unspecified atom stereocenters. The Morgan fingerprint density at radius 1 is 1.00 bits per heavy atom. The van der Waals surface area contributed by atoms with Crippen LogP contribution in [-0.2, 0) is 6.54 Å². The van der Waals surface area contributed by atoms with E-state index in [1.165, 1.54) is 0 Å². The van der Waals surface area contributed by atoms with E-state index < -0.39 is 0 Å². The van der Waals surface area contributed by atoms with Crippen molar-refractivity contribution in [2.45, 2.75) is 20.4 Å². The predicted octanol–water partition coefficient (Wildman–Crippen LogP) is 3.34. The van der Waals surface area contributed by atoms with Crippen LogP contribution in [0.15, 0.2) is 36.4 Å². The first-order valence-corrected chi connectivity index (χ1v) is 7.81. The van der Waals surface area contributed by atoms with Crippen LogP contribution in [0.1, 0.15) is 28.4 Å². The number of hydrogen-bond acceptors (Lipinski definition) is 4. The Labute approximate surface area is 142 Å². The van der Waals surface area contributed by atoms with E-state index in [2.05, 4.69) is 5.32 Å². The maximum Gasteiger partial charge on any atom is 0.251 e. The molecule has 1 N–H and O–H groups in total. The molecule has 128 valence electrons. The number of ether oxygens (including phenoxy) is 3. The van der Waals surface area contributed by atoms with Crippen LogP contribution in [0, 0.1) is 6.92 Å². The minimum Gasteiger partial charge on any atom is -0.496 e. The van der Waals surface area contributed by atoms with Gasteiger partial charge in [0.2, 0.25) is 0 Å². The Bertz CT molecular complexity index is 713. The highest BCUT2D eigenvalue weighted by Crippen LogP contribution is 2.28. The average Bonchev–Trinajstić information content (AvgIpc) is 2.61. The van der Waals surface area contributed by atoms with Crippen molar-refractivity contribution in [3.63, 3.8) is 0 Å². The van der Waals surface area contributed by atoms with Gasteiger partial charge in [-0.25, -0.2) is 0 Å². The second-order valence-electron chi connectivity index (χ2n) is 5.29.